The van der Waals surface area contributed by atoms with E-state index in [2.05, 4.69) is 16.7 Å². The molecule has 0 spiro atoms. The molecule has 0 bridgehead atoms. The highest BCUT2D eigenvalue weighted by atomic mass is 35.5. The Kier molecular flexibility index (Phi) is 5.88. The number of nitriles is 1. The lowest BCUT2D eigenvalue weighted by atomic mass is 10.0. The molecule has 0 amide bonds. The number of sulfone groups is 1. The summed E-state index contributed by atoms with van der Waals surface area (Å²) in [5.41, 5.74) is 1.73. The molecule has 2 aromatic rings. The van der Waals surface area contributed by atoms with Gasteiger partial charge in [0.2, 0.25) is 0 Å². The van der Waals surface area contributed by atoms with E-state index in [1.54, 1.807) is 19.9 Å². The molecule has 2 heterocycles. The molecule has 0 saturated carbocycles. The number of aromatic amines is 1. The molecule has 7 nitrogen and oxygen atoms in total. The number of nitrogens with zero attached hydrogens (tertiary/aromatic N) is 3. The molecule has 0 aliphatic rings. The Bertz CT molecular complexity index is 1180. The van der Waals surface area contributed by atoms with Crippen molar-refractivity contribution in [3.8, 4) is 11.9 Å². The number of hydrogen-bond acceptors (Lipinski definition) is 5. The minimum atomic E-state index is -3.46. The van der Waals surface area contributed by atoms with Crippen LogP contribution in [0.15, 0.2) is 58.0 Å². The summed E-state index contributed by atoms with van der Waals surface area (Å²) in [5.74, 6) is 0.0881. The number of halogens is 1. The van der Waals surface area contributed by atoms with Gasteiger partial charge in [0, 0.05) is 18.6 Å². The third-order valence-electron chi connectivity index (χ3n) is 3.92. The zero-order valence-electron chi connectivity index (χ0n) is 14.9. The van der Waals surface area contributed by atoms with Crippen LogP contribution in [-0.2, 0) is 9.84 Å². The molecule has 0 radical (unpaired) electrons. The summed E-state index contributed by atoms with van der Waals surface area (Å²) in [5, 5.41) is 11.8. The van der Waals surface area contributed by atoms with Gasteiger partial charge >= 0.3 is 0 Å². The fourth-order valence-electron chi connectivity index (χ4n) is 2.27. The Labute approximate surface area is 161 Å². The zero-order valence-corrected chi connectivity index (χ0v) is 16.5. The molecule has 140 valence electrons. The third-order valence-corrected chi connectivity index (χ3v) is 5.28. The summed E-state index contributed by atoms with van der Waals surface area (Å²) in [4.78, 5) is 16.7. The number of H-pyrrole nitrogens is 1. The van der Waals surface area contributed by atoms with Crippen molar-refractivity contribution < 1.29 is 8.42 Å². The second-order valence-electron chi connectivity index (χ2n) is 5.80. The van der Waals surface area contributed by atoms with Crippen molar-refractivity contribution in [2.24, 2.45) is 0 Å². The molecule has 0 aliphatic carbocycles. The van der Waals surface area contributed by atoms with Crippen LogP contribution in [0, 0.1) is 11.3 Å². The van der Waals surface area contributed by atoms with Crippen LogP contribution in [-0.4, -0.2) is 29.4 Å². The van der Waals surface area contributed by atoms with E-state index in [1.165, 1.54) is 18.3 Å². The van der Waals surface area contributed by atoms with Gasteiger partial charge in [-0.3, -0.25) is 9.89 Å². The summed E-state index contributed by atoms with van der Waals surface area (Å²) >= 11 is 6.12. The Morgan fingerprint density at radius 3 is 2.63 bits per heavy atom. The second kappa shape index (κ2) is 7.78. The highest BCUT2D eigenvalue weighted by Crippen LogP contribution is 2.22. The van der Waals surface area contributed by atoms with Gasteiger partial charge in [-0.1, -0.05) is 24.3 Å². The molecule has 9 heteroatoms. The topological polar surface area (TPSA) is 109 Å². The quantitative estimate of drug-likeness (QED) is 0.608. The average molecular weight is 405 g/mol. The van der Waals surface area contributed by atoms with Crippen molar-refractivity contribution in [3.63, 3.8) is 0 Å². The Hall–Kier alpha value is -2.89. The molecular formula is C18H17ClN4O3S. The van der Waals surface area contributed by atoms with Crippen LogP contribution in [0.25, 0.3) is 11.4 Å². The molecule has 1 N–H and O–H groups in total. The molecule has 0 fully saturated rings. The average Bonchev–Trinajstić information content (AvgIpc) is 2.99. The van der Waals surface area contributed by atoms with Gasteiger partial charge in [0.15, 0.2) is 15.7 Å². The van der Waals surface area contributed by atoms with Crippen LogP contribution in [0.3, 0.4) is 0 Å². The van der Waals surface area contributed by atoms with E-state index in [0.717, 1.165) is 22.7 Å². The smallest absolute Gasteiger partial charge is 0.280 e. The first-order valence-corrected chi connectivity index (χ1v) is 9.95. The SMILES string of the molecule is C=C/C(C#N)=C\C(C)=C(/C)c1c[nH]n(-c2ncc(S(C)(=O)=O)cc2Cl)c1=O. The van der Waals surface area contributed by atoms with Crippen molar-refractivity contribution >= 4 is 27.0 Å². The number of pyridine rings is 1. The molecule has 0 saturated heterocycles. The Morgan fingerprint density at radius 1 is 1.44 bits per heavy atom. The molecule has 2 rings (SSSR count). The van der Waals surface area contributed by atoms with Crippen LogP contribution in [0.5, 0.6) is 0 Å². The summed E-state index contributed by atoms with van der Waals surface area (Å²) in [6.45, 7) is 7.09. The lowest BCUT2D eigenvalue weighted by Gasteiger charge is -2.05. The molecule has 0 unspecified atom stereocenters. The van der Waals surface area contributed by atoms with Crippen LogP contribution in [0.1, 0.15) is 19.4 Å². The van der Waals surface area contributed by atoms with Gasteiger partial charge in [-0.15, -0.1) is 0 Å². The highest BCUT2D eigenvalue weighted by molar-refractivity contribution is 7.90. The minimum absolute atomic E-state index is 0.0186. The predicted octanol–water partition coefficient (Wildman–Crippen LogP) is 3.05. The number of nitrogens with one attached hydrogen (secondary N) is 1. The van der Waals surface area contributed by atoms with Crippen molar-refractivity contribution in [1.29, 1.82) is 5.26 Å². The van der Waals surface area contributed by atoms with Gasteiger partial charge in [-0.2, -0.15) is 9.94 Å². The molecule has 0 atom stereocenters. The summed E-state index contributed by atoms with van der Waals surface area (Å²) < 4.78 is 24.3. The Balaban J connectivity index is 2.56. The number of aromatic nitrogens is 3. The number of rotatable bonds is 5. The summed E-state index contributed by atoms with van der Waals surface area (Å²) in [6.07, 6.45) is 6.74. The molecule has 27 heavy (non-hydrogen) atoms. The van der Waals surface area contributed by atoms with Gasteiger partial charge in [0.05, 0.1) is 27.1 Å². The molecule has 2 aromatic heterocycles. The lowest BCUT2D eigenvalue weighted by molar-refractivity contribution is 0.601. The van der Waals surface area contributed by atoms with E-state index < -0.39 is 15.4 Å². The zero-order chi connectivity index (χ0) is 20.4. The summed E-state index contributed by atoms with van der Waals surface area (Å²) in [7, 11) is -3.46. The fraction of sp³-hybridized carbons (Fsp3) is 0.167. The van der Waals surface area contributed by atoms with E-state index >= 15 is 0 Å². The Morgan fingerprint density at radius 2 is 2.11 bits per heavy atom. The maximum absolute atomic E-state index is 12.7. The number of allylic oxidation sites excluding steroid dienone is 5. The maximum atomic E-state index is 12.7. The first kappa shape index (κ1) is 20.4. The molecule has 0 aliphatic heterocycles. The monoisotopic (exact) mass is 404 g/mol. The second-order valence-corrected chi connectivity index (χ2v) is 8.22. The minimum Gasteiger partial charge on any atom is -0.296 e. The van der Waals surface area contributed by atoms with Gasteiger partial charge < -0.3 is 0 Å². The van der Waals surface area contributed by atoms with Crippen LogP contribution >= 0.6 is 11.6 Å². The van der Waals surface area contributed by atoms with Crippen LogP contribution < -0.4 is 5.56 Å². The van der Waals surface area contributed by atoms with Crippen molar-refractivity contribution in [1.82, 2.24) is 14.8 Å². The molecule has 0 aromatic carbocycles. The van der Waals surface area contributed by atoms with E-state index in [-0.39, 0.29) is 15.7 Å². The van der Waals surface area contributed by atoms with Crippen LogP contribution in [0.4, 0.5) is 0 Å². The normalized spacial score (nSPS) is 13.1. The van der Waals surface area contributed by atoms with Crippen molar-refractivity contribution in [2.45, 2.75) is 18.7 Å². The maximum Gasteiger partial charge on any atom is 0.280 e. The fourth-order valence-corrected chi connectivity index (χ4v) is 3.16. The van der Waals surface area contributed by atoms with Crippen molar-refractivity contribution in [2.75, 3.05) is 6.26 Å². The van der Waals surface area contributed by atoms with Gasteiger partial charge in [0.25, 0.3) is 5.56 Å². The van der Waals surface area contributed by atoms with E-state index in [1.807, 2.05) is 6.07 Å². The lowest BCUT2D eigenvalue weighted by Crippen LogP contribution is -2.19. The summed E-state index contributed by atoms with van der Waals surface area (Å²) in [6, 6.07) is 3.24. The van der Waals surface area contributed by atoms with Gasteiger partial charge in [-0.25, -0.2) is 13.4 Å². The predicted molar refractivity (Wildman–Crippen MR) is 104 cm³/mol. The third kappa shape index (κ3) is 4.27. The number of hydrogen-bond donors (Lipinski definition) is 1. The standard InChI is InChI=1S/C18H17ClN4O3S/c1-5-13(8-20)6-11(2)12(3)15-10-22-23(18(15)24)17-16(19)7-14(9-21-17)27(4,25)26/h5-7,9-10,22H,1H2,2-4H3/b12-11+,13-6+. The first-order chi connectivity index (χ1) is 12.6. The van der Waals surface area contributed by atoms with Crippen LogP contribution in [0.2, 0.25) is 5.02 Å². The molecular weight excluding hydrogens is 388 g/mol. The van der Waals surface area contributed by atoms with E-state index in [9.17, 15) is 13.2 Å². The van der Waals surface area contributed by atoms with Crippen molar-refractivity contribution in [3.05, 3.63) is 69.3 Å². The highest BCUT2D eigenvalue weighted by Gasteiger charge is 2.16. The van der Waals surface area contributed by atoms with E-state index in [4.69, 9.17) is 16.9 Å². The first-order valence-electron chi connectivity index (χ1n) is 7.68. The van der Waals surface area contributed by atoms with Gasteiger partial charge in [-0.05, 0) is 37.1 Å². The van der Waals surface area contributed by atoms with E-state index in [0.29, 0.717) is 16.7 Å². The van der Waals surface area contributed by atoms with Gasteiger partial charge in [0.1, 0.15) is 0 Å². The largest absolute Gasteiger partial charge is 0.296 e.